The summed E-state index contributed by atoms with van der Waals surface area (Å²) >= 11 is 0. The highest BCUT2D eigenvalue weighted by Crippen LogP contribution is 2.20. The summed E-state index contributed by atoms with van der Waals surface area (Å²) in [6.45, 7) is 1.68. The van der Waals surface area contributed by atoms with E-state index in [2.05, 4.69) is 10.1 Å². The number of benzene rings is 2. The summed E-state index contributed by atoms with van der Waals surface area (Å²) in [4.78, 5) is 15.5. The fourth-order valence-corrected chi connectivity index (χ4v) is 2.10. The first-order chi connectivity index (χ1) is 11.7. The molecule has 1 heterocycles. The minimum absolute atomic E-state index is 0.0163. The highest BCUT2D eigenvalue weighted by Gasteiger charge is 2.09. The molecule has 6 nitrogen and oxygen atoms in total. The molecule has 3 aromatic rings. The van der Waals surface area contributed by atoms with Crippen molar-refractivity contribution < 1.29 is 18.8 Å². The van der Waals surface area contributed by atoms with Crippen molar-refractivity contribution in [1.82, 2.24) is 10.1 Å². The summed E-state index contributed by atoms with van der Waals surface area (Å²) in [6.07, 6.45) is 0. The predicted molar refractivity (Wildman–Crippen MR) is 87.1 cm³/mol. The van der Waals surface area contributed by atoms with E-state index in [0.29, 0.717) is 23.0 Å². The van der Waals surface area contributed by atoms with Crippen molar-refractivity contribution in [1.29, 1.82) is 0 Å². The van der Waals surface area contributed by atoms with Crippen LogP contribution in [-0.2, 0) is 6.61 Å². The molecule has 24 heavy (non-hydrogen) atoms. The van der Waals surface area contributed by atoms with Crippen LogP contribution in [0.15, 0.2) is 53.1 Å². The average molecular weight is 324 g/mol. The molecule has 0 spiro atoms. The largest absolute Gasteiger partial charge is 0.497 e. The second-order valence-corrected chi connectivity index (χ2v) is 5.11. The van der Waals surface area contributed by atoms with Crippen molar-refractivity contribution in [2.75, 3.05) is 7.11 Å². The molecule has 0 saturated carbocycles. The van der Waals surface area contributed by atoms with Gasteiger partial charge in [-0.15, -0.1) is 0 Å². The first kappa shape index (κ1) is 15.7. The Kier molecular flexibility index (Phi) is 4.56. The van der Waals surface area contributed by atoms with Gasteiger partial charge in [0, 0.05) is 11.1 Å². The second-order valence-electron chi connectivity index (χ2n) is 5.11. The smallest absolute Gasteiger partial charge is 0.264 e. The molecule has 0 aliphatic carbocycles. The Morgan fingerprint density at radius 1 is 1.04 bits per heavy atom. The fraction of sp³-hybridized carbons (Fsp3) is 0.167. The molecule has 3 rings (SSSR count). The molecule has 0 bridgehead atoms. The fourth-order valence-electron chi connectivity index (χ4n) is 2.10. The average Bonchev–Trinajstić information content (AvgIpc) is 3.09. The monoisotopic (exact) mass is 324 g/mol. The SMILES string of the molecule is COc1ccc(-c2noc(COc3ccc(C(C)=O)cc3)n2)cc1. The molecular formula is C18H16N2O4. The maximum absolute atomic E-state index is 11.2. The predicted octanol–water partition coefficient (Wildman–Crippen LogP) is 3.53. The van der Waals surface area contributed by atoms with Crippen LogP contribution in [0.3, 0.4) is 0 Å². The molecule has 1 aromatic heterocycles. The Labute approximate surface area is 139 Å². The molecule has 0 atom stereocenters. The van der Waals surface area contributed by atoms with Crippen molar-refractivity contribution in [3.8, 4) is 22.9 Å². The standard InChI is InChI=1S/C18H16N2O4/c1-12(21)13-3-9-16(10-4-13)23-11-17-19-18(20-24-17)14-5-7-15(22-2)8-6-14/h3-10H,11H2,1-2H3. The Hall–Kier alpha value is -3.15. The zero-order valence-corrected chi connectivity index (χ0v) is 13.4. The molecule has 0 unspecified atom stereocenters. The van der Waals surface area contributed by atoms with Crippen LogP contribution >= 0.6 is 0 Å². The molecular weight excluding hydrogens is 308 g/mol. The van der Waals surface area contributed by atoms with Gasteiger partial charge in [0.05, 0.1) is 7.11 Å². The van der Waals surface area contributed by atoms with Gasteiger partial charge in [0.1, 0.15) is 11.5 Å². The number of aromatic nitrogens is 2. The Morgan fingerprint density at radius 2 is 1.71 bits per heavy atom. The normalized spacial score (nSPS) is 10.4. The van der Waals surface area contributed by atoms with E-state index >= 15 is 0 Å². The van der Waals surface area contributed by atoms with Gasteiger partial charge < -0.3 is 14.0 Å². The molecule has 0 aliphatic heterocycles. The van der Waals surface area contributed by atoms with E-state index in [1.807, 2.05) is 24.3 Å². The number of carbonyl (C=O) groups is 1. The van der Waals surface area contributed by atoms with Crippen LogP contribution in [0, 0.1) is 0 Å². The molecule has 0 saturated heterocycles. The van der Waals surface area contributed by atoms with Crippen LogP contribution in [-0.4, -0.2) is 23.0 Å². The van der Waals surface area contributed by atoms with Crippen LogP contribution in [0.5, 0.6) is 11.5 Å². The third-order valence-electron chi connectivity index (χ3n) is 3.44. The first-order valence-corrected chi connectivity index (χ1v) is 7.36. The molecule has 0 fully saturated rings. The number of ketones is 1. The Bertz CT molecular complexity index is 823. The van der Waals surface area contributed by atoms with Crippen LogP contribution in [0.1, 0.15) is 23.2 Å². The van der Waals surface area contributed by atoms with E-state index in [0.717, 1.165) is 11.3 Å². The lowest BCUT2D eigenvalue weighted by Crippen LogP contribution is -1.97. The number of methoxy groups -OCH3 is 1. The molecule has 122 valence electrons. The van der Waals surface area contributed by atoms with E-state index in [-0.39, 0.29) is 12.4 Å². The van der Waals surface area contributed by atoms with E-state index in [1.165, 1.54) is 6.92 Å². The number of carbonyl (C=O) groups excluding carboxylic acids is 1. The summed E-state index contributed by atoms with van der Waals surface area (Å²) in [7, 11) is 1.61. The van der Waals surface area contributed by atoms with Gasteiger partial charge in [0.15, 0.2) is 12.4 Å². The molecule has 0 N–H and O–H groups in total. The zero-order valence-electron chi connectivity index (χ0n) is 13.4. The number of hydrogen-bond acceptors (Lipinski definition) is 6. The summed E-state index contributed by atoms with van der Waals surface area (Å²) in [6, 6.07) is 14.3. The minimum atomic E-state index is 0.0163. The highest BCUT2D eigenvalue weighted by atomic mass is 16.5. The number of ether oxygens (including phenoxy) is 2. The topological polar surface area (TPSA) is 74.5 Å². The molecule has 6 heteroatoms. The van der Waals surface area contributed by atoms with Crippen LogP contribution < -0.4 is 9.47 Å². The Balaban J connectivity index is 1.64. The summed E-state index contributed by atoms with van der Waals surface area (Å²) < 4.78 is 15.9. The van der Waals surface area contributed by atoms with Crippen LogP contribution in [0.4, 0.5) is 0 Å². The van der Waals surface area contributed by atoms with Crippen molar-refractivity contribution >= 4 is 5.78 Å². The molecule has 0 radical (unpaired) electrons. The lowest BCUT2D eigenvalue weighted by Gasteiger charge is -2.03. The van der Waals surface area contributed by atoms with Gasteiger partial charge >= 0.3 is 0 Å². The van der Waals surface area contributed by atoms with Gasteiger partial charge in [0.25, 0.3) is 5.89 Å². The van der Waals surface area contributed by atoms with Gasteiger partial charge in [-0.05, 0) is 55.5 Å². The third-order valence-corrected chi connectivity index (χ3v) is 3.44. The van der Waals surface area contributed by atoms with Gasteiger partial charge in [-0.25, -0.2) is 0 Å². The highest BCUT2D eigenvalue weighted by molar-refractivity contribution is 5.94. The molecule has 2 aromatic carbocycles. The Morgan fingerprint density at radius 3 is 2.33 bits per heavy atom. The second kappa shape index (κ2) is 6.95. The quantitative estimate of drug-likeness (QED) is 0.646. The molecule has 0 amide bonds. The van der Waals surface area contributed by atoms with Crippen molar-refractivity contribution in [2.45, 2.75) is 13.5 Å². The maximum atomic E-state index is 11.2. The number of rotatable bonds is 6. The minimum Gasteiger partial charge on any atom is -0.497 e. The van der Waals surface area contributed by atoms with Crippen molar-refractivity contribution in [3.05, 3.63) is 60.0 Å². The van der Waals surface area contributed by atoms with Crippen LogP contribution in [0.25, 0.3) is 11.4 Å². The molecule has 0 aliphatic rings. The van der Waals surface area contributed by atoms with Gasteiger partial charge in [-0.2, -0.15) is 4.98 Å². The van der Waals surface area contributed by atoms with E-state index in [9.17, 15) is 4.79 Å². The van der Waals surface area contributed by atoms with Crippen molar-refractivity contribution in [2.24, 2.45) is 0 Å². The number of Topliss-reactive ketones (excluding diaryl/α,β-unsaturated/α-hetero) is 1. The summed E-state index contributed by atoms with van der Waals surface area (Å²) in [5.41, 5.74) is 1.47. The maximum Gasteiger partial charge on any atom is 0.264 e. The summed E-state index contributed by atoms with van der Waals surface area (Å²) in [5, 5.41) is 3.94. The number of nitrogens with zero attached hydrogens (tertiary/aromatic N) is 2. The van der Waals surface area contributed by atoms with E-state index < -0.39 is 0 Å². The van der Waals surface area contributed by atoms with Gasteiger partial charge in [-0.1, -0.05) is 5.16 Å². The third kappa shape index (κ3) is 3.60. The summed E-state index contributed by atoms with van der Waals surface area (Å²) in [5.74, 6) is 2.27. The first-order valence-electron chi connectivity index (χ1n) is 7.36. The lowest BCUT2D eigenvalue weighted by atomic mass is 10.1. The van der Waals surface area contributed by atoms with Gasteiger partial charge in [-0.3, -0.25) is 4.79 Å². The van der Waals surface area contributed by atoms with E-state index in [1.54, 1.807) is 31.4 Å². The van der Waals surface area contributed by atoms with E-state index in [4.69, 9.17) is 14.0 Å². The lowest BCUT2D eigenvalue weighted by molar-refractivity contribution is 0.101. The zero-order chi connectivity index (χ0) is 16.9. The van der Waals surface area contributed by atoms with Gasteiger partial charge in [0.2, 0.25) is 5.82 Å². The van der Waals surface area contributed by atoms with Crippen LogP contribution in [0.2, 0.25) is 0 Å². The number of hydrogen-bond donors (Lipinski definition) is 0. The van der Waals surface area contributed by atoms with Crippen molar-refractivity contribution in [3.63, 3.8) is 0 Å².